The second kappa shape index (κ2) is 4.71. The fraction of sp³-hybridized carbons (Fsp3) is 0.250. The van der Waals surface area contributed by atoms with E-state index in [0.29, 0.717) is 11.3 Å². The van der Waals surface area contributed by atoms with Crippen LogP contribution in [0, 0.1) is 0 Å². The Bertz CT molecular complexity index is 470. The third-order valence-electron chi connectivity index (χ3n) is 2.64. The first kappa shape index (κ1) is 11.9. The Labute approximate surface area is 105 Å². The fourth-order valence-corrected chi connectivity index (χ4v) is 2.55. The Kier molecular flexibility index (Phi) is 3.28. The maximum Gasteiger partial charge on any atom is 0.255 e. The molecule has 90 valence electrons. The Morgan fingerprint density at radius 3 is 2.71 bits per heavy atom. The van der Waals surface area contributed by atoms with Crippen molar-refractivity contribution in [2.75, 3.05) is 5.73 Å². The average molecular weight is 249 g/mol. The molecule has 4 N–H and O–H groups in total. The molecule has 0 spiro atoms. The largest absolute Gasteiger partial charge is 0.398 e. The number of benzene rings is 1. The molecule has 1 aliphatic rings. The molecule has 0 saturated heterocycles. The van der Waals surface area contributed by atoms with Gasteiger partial charge in [0.1, 0.15) is 0 Å². The normalized spacial score (nSPS) is 19.1. The van der Waals surface area contributed by atoms with Gasteiger partial charge >= 0.3 is 0 Å². The lowest BCUT2D eigenvalue weighted by molar-refractivity contribution is 0.0948. The number of thioether (sulfide) groups is 1. The summed E-state index contributed by atoms with van der Waals surface area (Å²) in [6.07, 6.45) is 0. The van der Waals surface area contributed by atoms with Crippen molar-refractivity contribution >= 4 is 23.4 Å². The number of rotatable bonds is 2. The van der Waals surface area contributed by atoms with Crippen LogP contribution in [0.5, 0.6) is 0 Å². The molecule has 1 unspecified atom stereocenters. The number of hydrogen-bond acceptors (Lipinski definition) is 4. The third-order valence-corrected chi connectivity index (χ3v) is 3.77. The Morgan fingerprint density at radius 2 is 2.12 bits per heavy atom. The number of nitrogen functional groups attached to an aromatic ring is 1. The van der Waals surface area contributed by atoms with E-state index in [1.54, 1.807) is 30.0 Å². The van der Waals surface area contributed by atoms with Crippen molar-refractivity contribution in [1.82, 2.24) is 10.6 Å². The van der Waals surface area contributed by atoms with Gasteiger partial charge in [-0.25, -0.2) is 0 Å². The number of carbonyl (C=O) groups is 1. The van der Waals surface area contributed by atoms with E-state index in [2.05, 4.69) is 10.6 Å². The van der Waals surface area contributed by atoms with E-state index in [1.165, 1.54) is 4.91 Å². The van der Waals surface area contributed by atoms with E-state index < -0.39 is 0 Å². The second-order valence-corrected chi connectivity index (χ2v) is 5.20. The topological polar surface area (TPSA) is 67.2 Å². The van der Waals surface area contributed by atoms with Gasteiger partial charge in [0.05, 0.1) is 5.56 Å². The molecule has 17 heavy (non-hydrogen) atoms. The van der Waals surface area contributed by atoms with Crippen LogP contribution in [0.3, 0.4) is 0 Å². The van der Waals surface area contributed by atoms with Crippen molar-refractivity contribution in [1.29, 1.82) is 0 Å². The predicted molar refractivity (Wildman–Crippen MR) is 71.2 cm³/mol. The zero-order chi connectivity index (χ0) is 12.4. The molecule has 0 aromatic heterocycles. The van der Waals surface area contributed by atoms with Gasteiger partial charge in [0.15, 0.2) is 5.50 Å². The second-order valence-electron chi connectivity index (χ2n) is 3.88. The highest BCUT2D eigenvalue weighted by molar-refractivity contribution is 8.03. The molecule has 0 aliphatic carbocycles. The quantitative estimate of drug-likeness (QED) is 0.700. The summed E-state index contributed by atoms with van der Waals surface area (Å²) in [6, 6.07) is 7.05. The van der Waals surface area contributed by atoms with Crippen LogP contribution in [-0.4, -0.2) is 11.4 Å². The lowest BCUT2D eigenvalue weighted by atomic mass is 10.2. The Hall–Kier alpha value is -1.62. The van der Waals surface area contributed by atoms with E-state index in [1.807, 2.05) is 19.9 Å². The van der Waals surface area contributed by atoms with Crippen molar-refractivity contribution in [3.8, 4) is 0 Å². The van der Waals surface area contributed by atoms with Crippen LogP contribution in [0.4, 0.5) is 5.69 Å². The summed E-state index contributed by atoms with van der Waals surface area (Å²) < 4.78 is 0. The van der Waals surface area contributed by atoms with E-state index in [0.717, 1.165) is 5.70 Å². The van der Waals surface area contributed by atoms with Crippen LogP contribution >= 0.6 is 11.8 Å². The smallest absolute Gasteiger partial charge is 0.255 e. The molecular weight excluding hydrogens is 234 g/mol. The van der Waals surface area contributed by atoms with E-state index in [4.69, 9.17) is 5.73 Å². The Balaban J connectivity index is 2.02. The number of amides is 1. The van der Waals surface area contributed by atoms with Gasteiger partial charge in [0, 0.05) is 16.3 Å². The minimum absolute atomic E-state index is 0.109. The molecule has 0 saturated carbocycles. The standard InChI is InChI=1S/C12H15N3OS/c1-7-8(2)17-12(14-7)15-11(16)9-5-3-4-6-10(9)13/h3-6,12,14H,13H2,1-2H3,(H,15,16). The van der Waals surface area contributed by atoms with Crippen molar-refractivity contribution in [2.24, 2.45) is 0 Å². The molecule has 1 heterocycles. The minimum Gasteiger partial charge on any atom is -0.398 e. The number of anilines is 1. The third kappa shape index (κ3) is 2.55. The molecule has 5 heteroatoms. The molecule has 1 atom stereocenters. The van der Waals surface area contributed by atoms with Gasteiger partial charge in [-0.1, -0.05) is 23.9 Å². The van der Waals surface area contributed by atoms with Crippen LogP contribution in [0.25, 0.3) is 0 Å². The zero-order valence-electron chi connectivity index (χ0n) is 9.78. The van der Waals surface area contributed by atoms with Crippen molar-refractivity contribution in [2.45, 2.75) is 19.3 Å². The number of nitrogens with one attached hydrogen (secondary N) is 2. The average Bonchev–Trinajstić information content (AvgIpc) is 2.58. The summed E-state index contributed by atoms with van der Waals surface area (Å²) in [5.41, 5.74) is 7.75. The summed E-state index contributed by atoms with van der Waals surface area (Å²) >= 11 is 1.60. The van der Waals surface area contributed by atoms with Crippen LogP contribution < -0.4 is 16.4 Å². The molecule has 0 radical (unpaired) electrons. The number of para-hydroxylation sites is 1. The van der Waals surface area contributed by atoms with Gasteiger partial charge in [-0.2, -0.15) is 0 Å². The van der Waals surface area contributed by atoms with Crippen LogP contribution in [-0.2, 0) is 0 Å². The van der Waals surface area contributed by atoms with Crippen molar-refractivity contribution in [3.05, 3.63) is 40.4 Å². The molecule has 1 aromatic rings. The molecular formula is C12H15N3OS. The van der Waals surface area contributed by atoms with E-state index in [-0.39, 0.29) is 11.4 Å². The zero-order valence-corrected chi connectivity index (χ0v) is 10.6. The SMILES string of the molecule is CC1=C(C)SC(NC(=O)c2ccccc2N)N1. The number of hydrogen-bond donors (Lipinski definition) is 3. The number of allylic oxidation sites excluding steroid dienone is 2. The van der Waals surface area contributed by atoms with Gasteiger partial charge in [-0.05, 0) is 26.0 Å². The molecule has 1 aliphatic heterocycles. The van der Waals surface area contributed by atoms with Gasteiger partial charge in [0.2, 0.25) is 0 Å². The van der Waals surface area contributed by atoms with E-state index in [9.17, 15) is 4.79 Å². The highest BCUT2D eigenvalue weighted by atomic mass is 32.2. The van der Waals surface area contributed by atoms with Gasteiger partial charge < -0.3 is 16.4 Å². The fourth-order valence-electron chi connectivity index (χ4n) is 1.56. The van der Waals surface area contributed by atoms with Crippen LogP contribution in [0.1, 0.15) is 24.2 Å². The minimum atomic E-state index is -0.157. The molecule has 0 fully saturated rings. The van der Waals surface area contributed by atoms with Gasteiger partial charge in [-0.3, -0.25) is 4.79 Å². The lowest BCUT2D eigenvalue weighted by Gasteiger charge is -2.14. The summed E-state index contributed by atoms with van der Waals surface area (Å²) in [4.78, 5) is 13.2. The lowest BCUT2D eigenvalue weighted by Crippen LogP contribution is -2.39. The highest BCUT2D eigenvalue weighted by Gasteiger charge is 2.21. The van der Waals surface area contributed by atoms with E-state index >= 15 is 0 Å². The van der Waals surface area contributed by atoms with Crippen LogP contribution in [0.15, 0.2) is 34.9 Å². The number of carbonyl (C=O) groups excluding carboxylic acids is 1. The van der Waals surface area contributed by atoms with Crippen molar-refractivity contribution < 1.29 is 4.79 Å². The monoisotopic (exact) mass is 249 g/mol. The first-order valence-electron chi connectivity index (χ1n) is 5.34. The first-order valence-corrected chi connectivity index (χ1v) is 6.22. The van der Waals surface area contributed by atoms with Crippen LogP contribution in [0.2, 0.25) is 0 Å². The summed E-state index contributed by atoms with van der Waals surface area (Å²) in [7, 11) is 0. The summed E-state index contributed by atoms with van der Waals surface area (Å²) in [5.74, 6) is -0.157. The Morgan fingerprint density at radius 1 is 1.41 bits per heavy atom. The van der Waals surface area contributed by atoms with Gasteiger partial charge in [-0.15, -0.1) is 0 Å². The highest BCUT2D eigenvalue weighted by Crippen LogP contribution is 2.28. The van der Waals surface area contributed by atoms with Gasteiger partial charge in [0.25, 0.3) is 5.91 Å². The summed E-state index contributed by atoms with van der Waals surface area (Å²) in [5, 5.41) is 6.08. The molecule has 0 bridgehead atoms. The predicted octanol–water partition coefficient (Wildman–Crippen LogP) is 1.87. The summed E-state index contributed by atoms with van der Waals surface area (Å²) in [6.45, 7) is 4.02. The first-order chi connectivity index (χ1) is 8.08. The molecule has 4 nitrogen and oxygen atoms in total. The maximum absolute atomic E-state index is 12.0. The number of nitrogens with two attached hydrogens (primary N) is 1. The maximum atomic E-state index is 12.0. The molecule has 2 rings (SSSR count). The molecule has 1 amide bonds. The van der Waals surface area contributed by atoms with Crippen molar-refractivity contribution in [3.63, 3.8) is 0 Å². The molecule has 1 aromatic carbocycles.